The van der Waals surface area contributed by atoms with Gasteiger partial charge in [0, 0.05) is 22.2 Å². The van der Waals surface area contributed by atoms with Crippen LogP contribution in [-0.4, -0.2) is 42.0 Å². The van der Waals surface area contributed by atoms with E-state index >= 15 is 0 Å². The van der Waals surface area contributed by atoms with E-state index < -0.39 is 0 Å². The zero-order valence-corrected chi connectivity index (χ0v) is 22.2. The molecule has 1 aliphatic rings. The Morgan fingerprint density at radius 2 is 1.87 bits per heavy atom. The Morgan fingerprint density at radius 1 is 0.974 bits per heavy atom. The lowest BCUT2D eigenvalue weighted by Gasteiger charge is -2.22. The van der Waals surface area contributed by atoms with Crippen molar-refractivity contribution in [2.24, 2.45) is 0 Å². The van der Waals surface area contributed by atoms with Crippen LogP contribution in [0.3, 0.4) is 0 Å². The number of nitrogens with zero attached hydrogens (tertiary/aromatic N) is 4. The second-order valence-corrected chi connectivity index (χ2v) is 11.0. The van der Waals surface area contributed by atoms with E-state index in [1.54, 1.807) is 13.1 Å². The number of benzene rings is 1. The van der Waals surface area contributed by atoms with Crippen molar-refractivity contribution in [3.63, 3.8) is 0 Å². The minimum absolute atomic E-state index is 0.0623. The third-order valence-electron chi connectivity index (χ3n) is 7.23. The molecule has 0 amide bonds. The Balaban J connectivity index is 1.25. The van der Waals surface area contributed by atoms with Crippen LogP contribution >= 0.6 is 11.3 Å². The van der Waals surface area contributed by atoms with E-state index in [1.807, 2.05) is 54.7 Å². The summed E-state index contributed by atoms with van der Waals surface area (Å²) in [5.41, 5.74) is 6.57. The third-order valence-corrected chi connectivity index (χ3v) is 8.45. The van der Waals surface area contributed by atoms with Crippen molar-refractivity contribution >= 4 is 39.2 Å². The van der Waals surface area contributed by atoms with Crippen LogP contribution in [0, 0.1) is 0 Å². The van der Waals surface area contributed by atoms with E-state index in [0.717, 1.165) is 67.2 Å². The summed E-state index contributed by atoms with van der Waals surface area (Å²) in [6, 6.07) is 15.8. The molecule has 0 atom stereocenters. The van der Waals surface area contributed by atoms with E-state index in [1.165, 1.54) is 30.6 Å². The number of imidazole rings is 1. The van der Waals surface area contributed by atoms with Gasteiger partial charge in [0.2, 0.25) is 0 Å². The van der Waals surface area contributed by atoms with Crippen LogP contribution in [0.4, 0.5) is 0 Å². The standard InChI is InChI=1S/C30H26N6O2S/c1-17(37)25-12-13-26(39-25)21-8-5-9-23-27(21)34-30(33-23)29-28-24(35-36-29)11-10-22(32-28)18-14-20(16-31-15-18)38-19-6-3-2-4-7-19/h5,8-16,19H,2-4,6-7H2,1H3,(H,33,34)(H,35,36). The minimum Gasteiger partial charge on any atom is -0.489 e. The summed E-state index contributed by atoms with van der Waals surface area (Å²) in [4.78, 5) is 31.3. The maximum absolute atomic E-state index is 11.8. The van der Waals surface area contributed by atoms with Gasteiger partial charge in [-0.1, -0.05) is 18.6 Å². The lowest BCUT2D eigenvalue weighted by molar-refractivity contribution is 0.102. The summed E-state index contributed by atoms with van der Waals surface area (Å²) < 4.78 is 6.24. The van der Waals surface area contributed by atoms with Crippen LogP contribution in [-0.2, 0) is 0 Å². The fourth-order valence-corrected chi connectivity index (χ4v) is 6.17. The molecule has 2 N–H and O–H groups in total. The van der Waals surface area contributed by atoms with Crippen molar-refractivity contribution < 1.29 is 9.53 Å². The Hall–Kier alpha value is -4.37. The molecule has 0 aliphatic heterocycles. The molecular formula is C30H26N6O2S. The van der Waals surface area contributed by atoms with Crippen LogP contribution in [0.15, 0.2) is 60.9 Å². The minimum atomic E-state index is 0.0623. The molecule has 0 spiro atoms. The van der Waals surface area contributed by atoms with Gasteiger partial charge in [-0.15, -0.1) is 11.3 Å². The summed E-state index contributed by atoms with van der Waals surface area (Å²) >= 11 is 1.48. The first-order valence-corrected chi connectivity index (χ1v) is 14.0. The van der Waals surface area contributed by atoms with Gasteiger partial charge in [0.15, 0.2) is 17.3 Å². The van der Waals surface area contributed by atoms with E-state index in [4.69, 9.17) is 14.7 Å². The number of para-hydroxylation sites is 1. The smallest absolute Gasteiger partial charge is 0.169 e. The monoisotopic (exact) mass is 534 g/mol. The first-order valence-electron chi connectivity index (χ1n) is 13.2. The number of rotatable bonds is 6. The highest BCUT2D eigenvalue weighted by Crippen LogP contribution is 2.35. The molecule has 0 radical (unpaired) electrons. The maximum atomic E-state index is 11.8. The lowest BCUT2D eigenvalue weighted by Crippen LogP contribution is -2.19. The Morgan fingerprint density at radius 3 is 2.72 bits per heavy atom. The molecule has 6 aromatic rings. The molecule has 5 aromatic heterocycles. The SMILES string of the molecule is CC(=O)c1ccc(-c2cccc3[nH]c(-c4n[nH]c5ccc(-c6cncc(OC7CCCCC7)c6)nc45)nc23)s1. The van der Waals surface area contributed by atoms with Crippen molar-refractivity contribution in [1.82, 2.24) is 30.1 Å². The van der Waals surface area contributed by atoms with Gasteiger partial charge in [0.25, 0.3) is 0 Å². The largest absolute Gasteiger partial charge is 0.489 e. The van der Waals surface area contributed by atoms with E-state index in [2.05, 4.69) is 20.2 Å². The fourth-order valence-electron chi connectivity index (χ4n) is 5.24. The number of hydrogen-bond donors (Lipinski definition) is 2. The molecule has 5 heterocycles. The summed E-state index contributed by atoms with van der Waals surface area (Å²) in [5, 5.41) is 7.65. The molecule has 0 saturated heterocycles. The number of pyridine rings is 2. The number of ether oxygens (including phenoxy) is 1. The molecule has 9 heteroatoms. The van der Waals surface area contributed by atoms with Crippen molar-refractivity contribution in [1.29, 1.82) is 0 Å². The highest BCUT2D eigenvalue weighted by atomic mass is 32.1. The van der Waals surface area contributed by atoms with E-state index in [9.17, 15) is 4.79 Å². The number of carbonyl (C=O) groups is 1. The second kappa shape index (κ2) is 9.74. The van der Waals surface area contributed by atoms with Crippen molar-refractivity contribution in [2.75, 3.05) is 0 Å². The molecule has 7 rings (SSSR count). The normalized spacial score (nSPS) is 14.3. The third kappa shape index (κ3) is 4.48. The summed E-state index contributed by atoms with van der Waals surface area (Å²) in [5.74, 6) is 1.47. The number of Topliss-reactive ketones (excluding diaryl/α,β-unsaturated/α-hetero) is 1. The first kappa shape index (κ1) is 23.7. The number of nitrogens with one attached hydrogen (secondary N) is 2. The van der Waals surface area contributed by atoms with E-state index in [-0.39, 0.29) is 11.9 Å². The van der Waals surface area contributed by atoms with Gasteiger partial charge < -0.3 is 9.72 Å². The van der Waals surface area contributed by atoms with Gasteiger partial charge in [-0.3, -0.25) is 14.9 Å². The van der Waals surface area contributed by atoms with Gasteiger partial charge in [0.1, 0.15) is 11.3 Å². The van der Waals surface area contributed by atoms with Gasteiger partial charge in [0.05, 0.1) is 39.4 Å². The van der Waals surface area contributed by atoms with Gasteiger partial charge in [-0.2, -0.15) is 5.10 Å². The second-order valence-electron chi connectivity index (χ2n) is 9.96. The fraction of sp³-hybridized carbons (Fsp3) is 0.233. The predicted molar refractivity (Wildman–Crippen MR) is 153 cm³/mol. The molecule has 0 unspecified atom stereocenters. The molecule has 0 bridgehead atoms. The zero-order valence-electron chi connectivity index (χ0n) is 21.4. The van der Waals surface area contributed by atoms with Crippen LogP contribution in [0.5, 0.6) is 5.75 Å². The molecule has 1 aromatic carbocycles. The molecular weight excluding hydrogens is 508 g/mol. The Labute approximate surface area is 228 Å². The van der Waals surface area contributed by atoms with Gasteiger partial charge in [-0.05, 0) is 69.0 Å². The van der Waals surface area contributed by atoms with Crippen LogP contribution in [0.25, 0.3) is 55.3 Å². The molecule has 1 saturated carbocycles. The van der Waals surface area contributed by atoms with E-state index in [0.29, 0.717) is 11.5 Å². The average Bonchev–Trinajstić information content (AvgIpc) is 3.71. The zero-order chi connectivity index (χ0) is 26.3. The predicted octanol–water partition coefficient (Wildman–Crippen LogP) is 7.21. The number of thiophene rings is 1. The van der Waals surface area contributed by atoms with Crippen molar-refractivity contribution in [2.45, 2.75) is 45.1 Å². The number of aromatic amines is 2. The molecule has 1 fully saturated rings. The van der Waals surface area contributed by atoms with Crippen LogP contribution in [0.1, 0.15) is 48.7 Å². The lowest BCUT2D eigenvalue weighted by atomic mass is 9.98. The summed E-state index contributed by atoms with van der Waals surface area (Å²) in [6.07, 6.45) is 9.76. The Kier molecular flexibility index (Phi) is 5.93. The maximum Gasteiger partial charge on any atom is 0.169 e. The molecule has 39 heavy (non-hydrogen) atoms. The van der Waals surface area contributed by atoms with Crippen LogP contribution in [0.2, 0.25) is 0 Å². The van der Waals surface area contributed by atoms with Crippen LogP contribution < -0.4 is 4.74 Å². The number of aromatic nitrogens is 6. The summed E-state index contributed by atoms with van der Waals surface area (Å²) in [6.45, 7) is 1.59. The average molecular weight is 535 g/mol. The number of H-pyrrole nitrogens is 2. The highest BCUT2D eigenvalue weighted by Gasteiger charge is 2.19. The van der Waals surface area contributed by atoms with Crippen molar-refractivity contribution in [3.8, 4) is 39.0 Å². The quantitative estimate of drug-likeness (QED) is 0.219. The number of ketones is 1. The highest BCUT2D eigenvalue weighted by molar-refractivity contribution is 7.17. The molecule has 194 valence electrons. The number of fused-ring (bicyclic) bond motifs is 2. The molecule has 1 aliphatic carbocycles. The molecule has 8 nitrogen and oxygen atoms in total. The topological polar surface area (TPSA) is 109 Å². The number of carbonyl (C=O) groups excluding carboxylic acids is 1. The van der Waals surface area contributed by atoms with Gasteiger partial charge in [-0.25, -0.2) is 9.97 Å². The van der Waals surface area contributed by atoms with Crippen molar-refractivity contribution in [3.05, 3.63) is 65.8 Å². The van der Waals surface area contributed by atoms with Gasteiger partial charge >= 0.3 is 0 Å². The summed E-state index contributed by atoms with van der Waals surface area (Å²) in [7, 11) is 0. The Bertz CT molecular complexity index is 1830. The number of hydrogen-bond acceptors (Lipinski definition) is 7. The first-order chi connectivity index (χ1) is 19.1.